The average Bonchev–Trinajstić information content (AvgIpc) is 2.64. The Hall–Kier alpha value is -2.16. The highest BCUT2D eigenvalue weighted by Gasteiger charge is 2.31. The first kappa shape index (κ1) is 18.2. The fraction of sp³-hybridized carbons (Fsp3) is 0.263. The van der Waals surface area contributed by atoms with E-state index in [4.69, 9.17) is 32.2 Å². The van der Waals surface area contributed by atoms with Crippen LogP contribution in [0, 0.1) is 6.92 Å². The molecule has 0 amide bonds. The van der Waals surface area contributed by atoms with Crippen molar-refractivity contribution in [3.8, 4) is 11.5 Å². The first-order valence-electron chi connectivity index (χ1n) is 8.44. The second-order valence-electron chi connectivity index (χ2n) is 6.44. The minimum absolute atomic E-state index is 0.125. The molecule has 0 fully saturated rings. The summed E-state index contributed by atoms with van der Waals surface area (Å²) in [5.74, 6) is 1.59. The largest absolute Gasteiger partial charge is 0.484 e. The van der Waals surface area contributed by atoms with E-state index < -0.39 is 0 Å². The summed E-state index contributed by atoms with van der Waals surface area (Å²) in [5.41, 5.74) is 13.1. The van der Waals surface area contributed by atoms with E-state index in [0.29, 0.717) is 13.0 Å². The Morgan fingerprint density at radius 2 is 2.19 bits per heavy atom. The highest BCUT2D eigenvalue weighted by molar-refractivity contribution is 9.10. The van der Waals surface area contributed by atoms with Gasteiger partial charge in [0.1, 0.15) is 17.6 Å². The topological polar surface area (TPSA) is 78.1 Å². The summed E-state index contributed by atoms with van der Waals surface area (Å²) in [6.07, 6.45) is 0.300. The number of rotatable bonds is 2. The predicted molar refractivity (Wildman–Crippen MR) is 110 cm³/mol. The fourth-order valence-corrected chi connectivity index (χ4v) is 3.86. The molecule has 0 unspecified atom stereocenters. The number of nitrogens with two attached hydrogens (primary N) is 1. The summed E-state index contributed by atoms with van der Waals surface area (Å²) in [7, 11) is 0. The van der Waals surface area contributed by atoms with Crippen LogP contribution in [0.4, 0.5) is 0 Å². The lowest BCUT2D eigenvalue weighted by molar-refractivity contribution is -0.0183. The van der Waals surface area contributed by atoms with E-state index in [-0.39, 0.29) is 18.0 Å². The van der Waals surface area contributed by atoms with Gasteiger partial charge in [-0.25, -0.2) is 0 Å². The molecule has 4 rings (SSSR count). The van der Waals surface area contributed by atoms with Crippen LogP contribution in [0.1, 0.15) is 34.8 Å². The van der Waals surface area contributed by atoms with Crippen molar-refractivity contribution in [1.29, 1.82) is 0 Å². The Labute approximate surface area is 170 Å². The number of halogens is 1. The molecule has 0 spiro atoms. The maximum Gasteiger partial charge on any atom is 0.189 e. The van der Waals surface area contributed by atoms with Gasteiger partial charge in [-0.3, -0.25) is 5.43 Å². The smallest absolute Gasteiger partial charge is 0.189 e. The number of hydrogen-bond donors (Lipinski definition) is 2. The van der Waals surface area contributed by atoms with Crippen LogP contribution in [0.2, 0.25) is 0 Å². The van der Waals surface area contributed by atoms with Gasteiger partial charge in [-0.2, -0.15) is 5.10 Å². The molecule has 2 aliphatic heterocycles. The van der Waals surface area contributed by atoms with E-state index in [1.807, 2.05) is 37.3 Å². The first-order chi connectivity index (χ1) is 13.0. The molecule has 140 valence electrons. The van der Waals surface area contributed by atoms with Gasteiger partial charge in [0.15, 0.2) is 11.9 Å². The van der Waals surface area contributed by atoms with E-state index in [2.05, 4.69) is 26.5 Å². The third kappa shape index (κ3) is 3.78. The molecule has 1 atom stereocenters. The van der Waals surface area contributed by atoms with E-state index in [9.17, 15) is 0 Å². The fourth-order valence-electron chi connectivity index (χ4n) is 3.30. The van der Waals surface area contributed by atoms with Crippen LogP contribution >= 0.6 is 28.1 Å². The third-order valence-electron chi connectivity index (χ3n) is 4.45. The molecular weight excluding hydrogens is 430 g/mol. The number of aryl methyl sites for hydroxylation is 1. The number of fused-ring (bicyclic) bond motifs is 2. The minimum Gasteiger partial charge on any atom is -0.484 e. The zero-order valence-corrected chi connectivity index (χ0v) is 17.0. The van der Waals surface area contributed by atoms with Crippen LogP contribution in [0.3, 0.4) is 0 Å². The molecule has 2 aromatic rings. The zero-order valence-electron chi connectivity index (χ0n) is 14.6. The maximum atomic E-state index is 6.34. The third-order valence-corrected chi connectivity index (χ3v) is 5.00. The number of ether oxygens (including phenoxy) is 3. The minimum atomic E-state index is -0.254. The van der Waals surface area contributed by atoms with Crippen LogP contribution in [-0.2, 0) is 11.3 Å². The normalized spacial score (nSPS) is 19.5. The molecule has 0 aliphatic carbocycles. The van der Waals surface area contributed by atoms with Crippen molar-refractivity contribution >= 4 is 39.0 Å². The predicted octanol–water partition coefficient (Wildman–Crippen LogP) is 3.69. The highest BCUT2D eigenvalue weighted by atomic mass is 79.9. The number of thiocarbonyl (C=S) groups is 1. The molecular formula is C19H18BrN3O3S. The van der Waals surface area contributed by atoms with Gasteiger partial charge in [0.2, 0.25) is 0 Å². The molecule has 0 saturated carbocycles. The second-order valence-corrected chi connectivity index (χ2v) is 7.79. The summed E-state index contributed by atoms with van der Waals surface area (Å²) in [6, 6.07) is 10.1. The van der Waals surface area contributed by atoms with Crippen LogP contribution < -0.4 is 20.6 Å². The first-order valence-corrected chi connectivity index (χ1v) is 9.64. The monoisotopic (exact) mass is 447 g/mol. The number of benzene rings is 2. The molecule has 2 heterocycles. The number of nitrogens with one attached hydrogen (secondary N) is 1. The molecule has 2 aliphatic rings. The van der Waals surface area contributed by atoms with Crippen molar-refractivity contribution in [3.63, 3.8) is 0 Å². The van der Waals surface area contributed by atoms with Crippen molar-refractivity contribution in [2.24, 2.45) is 10.8 Å². The summed E-state index contributed by atoms with van der Waals surface area (Å²) in [5, 5.41) is 4.53. The van der Waals surface area contributed by atoms with Gasteiger partial charge < -0.3 is 19.9 Å². The van der Waals surface area contributed by atoms with Gasteiger partial charge in [0.05, 0.1) is 12.3 Å². The quantitative estimate of drug-likeness (QED) is 0.539. The van der Waals surface area contributed by atoms with E-state index in [1.54, 1.807) is 0 Å². The lowest BCUT2D eigenvalue weighted by atomic mass is 9.93. The van der Waals surface area contributed by atoms with Gasteiger partial charge in [-0.15, -0.1) is 0 Å². The van der Waals surface area contributed by atoms with Gasteiger partial charge in [-0.05, 0) is 49.0 Å². The summed E-state index contributed by atoms with van der Waals surface area (Å²) in [6.45, 7) is 2.76. The van der Waals surface area contributed by atoms with Crippen LogP contribution in [0.25, 0.3) is 0 Å². The standard InChI is InChI=1S/C19H18BrN3O3S/c1-10-2-3-13-15(22-23-19(21)27)7-17(26-16(13)4-10)14-6-12(20)5-11-8-24-9-25-18(11)14/h2-6,17H,7-9H2,1H3,(H3,21,23,27)/b22-15-/t17-/m0/s1. The lowest BCUT2D eigenvalue weighted by Gasteiger charge is -2.30. The van der Waals surface area contributed by atoms with Gasteiger partial charge in [0, 0.05) is 27.6 Å². The van der Waals surface area contributed by atoms with Crippen LogP contribution in [0.5, 0.6) is 11.5 Å². The summed E-state index contributed by atoms with van der Waals surface area (Å²) < 4.78 is 18.5. The van der Waals surface area contributed by atoms with Crippen molar-refractivity contribution < 1.29 is 14.2 Å². The van der Waals surface area contributed by atoms with Crippen LogP contribution in [-0.4, -0.2) is 17.6 Å². The van der Waals surface area contributed by atoms with E-state index in [0.717, 1.165) is 43.9 Å². The molecule has 2 aromatic carbocycles. The SMILES string of the molecule is Cc1ccc2c(c1)O[C@H](c1cc(Br)cc3c1OCOC3)C/C2=N/NC(N)=S. The summed E-state index contributed by atoms with van der Waals surface area (Å²) >= 11 is 8.46. The molecule has 0 aromatic heterocycles. The molecule has 27 heavy (non-hydrogen) atoms. The molecule has 0 radical (unpaired) electrons. The lowest BCUT2D eigenvalue weighted by Crippen LogP contribution is -2.29. The molecule has 0 bridgehead atoms. The van der Waals surface area contributed by atoms with E-state index in [1.165, 1.54) is 0 Å². The van der Waals surface area contributed by atoms with Gasteiger partial charge >= 0.3 is 0 Å². The highest BCUT2D eigenvalue weighted by Crippen LogP contribution is 2.42. The van der Waals surface area contributed by atoms with Crippen molar-refractivity contribution in [1.82, 2.24) is 5.43 Å². The molecule has 3 N–H and O–H groups in total. The molecule has 0 saturated heterocycles. The molecule has 6 nitrogen and oxygen atoms in total. The van der Waals surface area contributed by atoms with Gasteiger partial charge in [-0.1, -0.05) is 22.0 Å². The van der Waals surface area contributed by atoms with Crippen molar-refractivity contribution in [3.05, 3.63) is 57.1 Å². The van der Waals surface area contributed by atoms with E-state index >= 15 is 0 Å². The number of hydrogen-bond acceptors (Lipinski definition) is 5. The summed E-state index contributed by atoms with van der Waals surface area (Å²) in [4.78, 5) is 0. The maximum absolute atomic E-state index is 6.34. The number of hydrazone groups is 1. The Kier molecular flexibility index (Phi) is 5.03. The number of nitrogens with zero attached hydrogens (tertiary/aromatic N) is 1. The van der Waals surface area contributed by atoms with Crippen molar-refractivity contribution in [2.75, 3.05) is 6.79 Å². The molecule has 8 heteroatoms. The average molecular weight is 448 g/mol. The van der Waals surface area contributed by atoms with Crippen LogP contribution in [0.15, 0.2) is 39.9 Å². The Bertz CT molecular complexity index is 948. The second kappa shape index (κ2) is 7.46. The Balaban J connectivity index is 1.78. The Morgan fingerprint density at radius 3 is 3.00 bits per heavy atom. The van der Waals surface area contributed by atoms with Crippen molar-refractivity contribution in [2.45, 2.75) is 26.1 Å². The Morgan fingerprint density at radius 1 is 1.33 bits per heavy atom. The zero-order chi connectivity index (χ0) is 19.0. The van der Waals surface area contributed by atoms with Gasteiger partial charge in [0.25, 0.3) is 0 Å².